The molecule has 166 valence electrons. The number of pyridine rings is 1. The molecule has 4 aromatic rings. The van der Waals surface area contributed by atoms with Crippen molar-refractivity contribution in [1.29, 1.82) is 0 Å². The van der Waals surface area contributed by atoms with Crippen LogP contribution in [0, 0.1) is 11.6 Å². The molecule has 2 aromatic carbocycles. The van der Waals surface area contributed by atoms with E-state index in [1.807, 2.05) is 17.0 Å². The third-order valence-electron chi connectivity index (χ3n) is 5.69. The van der Waals surface area contributed by atoms with E-state index in [0.717, 1.165) is 24.1 Å². The summed E-state index contributed by atoms with van der Waals surface area (Å²) >= 11 is 0. The Bertz CT molecular complexity index is 1360. The van der Waals surface area contributed by atoms with Crippen molar-refractivity contribution in [2.24, 2.45) is 0 Å². The van der Waals surface area contributed by atoms with Crippen LogP contribution in [0.2, 0.25) is 0 Å². The molecule has 33 heavy (non-hydrogen) atoms. The summed E-state index contributed by atoms with van der Waals surface area (Å²) in [5.74, 6) is -0.193. The fourth-order valence-corrected chi connectivity index (χ4v) is 4.07. The van der Waals surface area contributed by atoms with Gasteiger partial charge < -0.3 is 9.64 Å². The Balaban J connectivity index is 1.77. The fourth-order valence-electron chi connectivity index (χ4n) is 4.07. The minimum absolute atomic E-state index is 0.139. The topological polar surface area (TPSA) is 68.2 Å². The van der Waals surface area contributed by atoms with Gasteiger partial charge in [0.15, 0.2) is 23.2 Å². The molecule has 3 heterocycles. The van der Waals surface area contributed by atoms with E-state index in [1.54, 1.807) is 24.5 Å². The van der Waals surface area contributed by atoms with Crippen LogP contribution in [0.5, 0.6) is 5.75 Å². The molecule has 8 heteroatoms. The van der Waals surface area contributed by atoms with Gasteiger partial charge in [-0.05, 0) is 53.9 Å². The molecule has 0 N–H and O–H groups in total. The second-order valence-electron chi connectivity index (χ2n) is 7.88. The van der Waals surface area contributed by atoms with E-state index < -0.39 is 11.6 Å². The van der Waals surface area contributed by atoms with E-state index in [9.17, 15) is 13.6 Å². The number of nitrogens with zero attached hydrogens (tertiary/aromatic N) is 4. The van der Waals surface area contributed by atoms with Crippen LogP contribution in [0.4, 0.5) is 14.6 Å². The Morgan fingerprint density at radius 1 is 1.00 bits per heavy atom. The molecule has 0 saturated carbocycles. The Morgan fingerprint density at radius 2 is 1.88 bits per heavy atom. The highest BCUT2D eigenvalue weighted by Gasteiger charge is 2.23. The number of hydrogen-bond acceptors (Lipinski definition) is 6. The van der Waals surface area contributed by atoms with Gasteiger partial charge in [-0.3, -0.25) is 9.78 Å². The molecule has 0 atom stereocenters. The number of hydrogen-bond donors (Lipinski definition) is 0. The standard InChI is InChI=1S/C25H20F2N4O2/c1-33-22-12-17(15-6-7-20(26)21(27)11-15)10-19-23(22)29-24(16-4-2-8-28-13-16)30-25(19)31-9-3-5-18(32)14-31/h2,4,6-8,10-13H,3,5,9,14H2,1H3. The van der Waals surface area contributed by atoms with Gasteiger partial charge in [-0.2, -0.15) is 0 Å². The summed E-state index contributed by atoms with van der Waals surface area (Å²) in [6.07, 6.45) is 4.61. The van der Waals surface area contributed by atoms with E-state index in [0.29, 0.717) is 52.4 Å². The average molecular weight is 446 g/mol. The number of rotatable bonds is 4. The molecule has 1 fully saturated rings. The molecule has 0 aliphatic carbocycles. The molecule has 5 rings (SSSR count). The minimum atomic E-state index is -0.934. The van der Waals surface area contributed by atoms with Crippen LogP contribution >= 0.6 is 0 Å². The Labute approximate surface area is 188 Å². The van der Waals surface area contributed by atoms with Crippen LogP contribution in [0.1, 0.15) is 12.8 Å². The summed E-state index contributed by atoms with van der Waals surface area (Å²) in [7, 11) is 1.53. The number of ketones is 1. The lowest BCUT2D eigenvalue weighted by molar-refractivity contribution is -0.118. The summed E-state index contributed by atoms with van der Waals surface area (Å²) in [6, 6.07) is 11.0. The molecule has 1 aliphatic heterocycles. The van der Waals surface area contributed by atoms with Crippen molar-refractivity contribution >= 4 is 22.5 Å². The Kier molecular flexibility index (Phi) is 5.42. The summed E-state index contributed by atoms with van der Waals surface area (Å²) in [4.78, 5) is 27.9. The van der Waals surface area contributed by atoms with Crippen molar-refractivity contribution < 1.29 is 18.3 Å². The maximum atomic E-state index is 13.9. The first-order valence-corrected chi connectivity index (χ1v) is 10.6. The zero-order valence-corrected chi connectivity index (χ0v) is 17.9. The van der Waals surface area contributed by atoms with Gasteiger partial charge in [-0.15, -0.1) is 0 Å². The molecule has 6 nitrogen and oxygen atoms in total. The number of anilines is 1. The van der Waals surface area contributed by atoms with Gasteiger partial charge in [0.25, 0.3) is 0 Å². The number of halogens is 2. The van der Waals surface area contributed by atoms with Crippen molar-refractivity contribution in [2.75, 3.05) is 25.1 Å². The molecule has 0 bridgehead atoms. The molecule has 0 radical (unpaired) electrons. The van der Waals surface area contributed by atoms with Crippen molar-refractivity contribution in [3.05, 3.63) is 66.5 Å². The molecule has 1 aliphatic rings. The summed E-state index contributed by atoms with van der Waals surface area (Å²) in [5, 5.41) is 0.663. The fraction of sp³-hybridized carbons (Fsp3) is 0.200. The first-order chi connectivity index (χ1) is 16.0. The van der Waals surface area contributed by atoms with Crippen LogP contribution in [0.3, 0.4) is 0 Å². The lowest BCUT2D eigenvalue weighted by Gasteiger charge is -2.28. The first-order valence-electron chi connectivity index (χ1n) is 10.6. The molecule has 1 saturated heterocycles. The molecule has 0 amide bonds. The minimum Gasteiger partial charge on any atom is -0.494 e. The highest BCUT2D eigenvalue weighted by atomic mass is 19.2. The zero-order valence-electron chi connectivity index (χ0n) is 17.9. The lowest BCUT2D eigenvalue weighted by Crippen LogP contribution is -2.36. The number of carbonyl (C=O) groups is 1. The zero-order chi connectivity index (χ0) is 22.9. The largest absolute Gasteiger partial charge is 0.494 e. The third-order valence-corrected chi connectivity index (χ3v) is 5.69. The van der Waals surface area contributed by atoms with E-state index in [1.165, 1.54) is 13.2 Å². The predicted octanol–water partition coefficient (Wildman–Crippen LogP) is 4.81. The predicted molar refractivity (Wildman–Crippen MR) is 121 cm³/mol. The number of carbonyl (C=O) groups excluding carboxylic acids is 1. The normalized spacial score (nSPS) is 14.0. The maximum Gasteiger partial charge on any atom is 0.163 e. The van der Waals surface area contributed by atoms with E-state index >= 15 is 0 Å². The molecule has 0 unspecified atom stereocenters. The maximum absolute atomic E-state index is 13.9. The van der Waals surface area contributed by atoms with Gasteiger partial charge in [-0.25, -0.2) is 18.7 Å². The second kappa shape index (κ2) is 8.54. The lowest BCUT2D eigenvalue weighted by atomic mass is 10.0. The SMILES string of the molecule is COc1cc(-c2ccc(F)c(F)c2)cc2c(N3CCCC(=O)C3)nc(-c3cccnc3)nc12. The highest BCUT2D eigenvalue weighted by molar-refractivity contribution is 5.99. The third kappa shape index (κ3) is 4.00. The number of Topliss-reactive ketones (excluding diaryl/α,β-unsaturated/α-hetero) is 1. The number of piperidine rings is 1. The monoisotopic (exact) mass is 446 g/mol. The number of aromatic nitrogens is 3. The Morgan fingerprint density at radius 3 is 2.61 bits per heavy atom. The second-order valence-corrected chi connectivity index (χ2v) is 7.88. The van der Waals surface area contributed by atoms with Gasteiger partial charge in [0, 0.05) is 36.3 Å². The number of fused-ring (bicyclic) bond motifs is 1. The van der Waals surface area contributed by atoms with Crippen molar-refractivity contribution in [2.45, 2.75) is 12.8 Å². The first kappa shape index (κ1) is 20.9. The summed E-state index contributed by atoms with van der Waals surface area (Å²) in [5.41, 5.74) is 2.41. The van der Waals surface area contributed by atoms with E-state index in [-0.39, 0.29) is 12.3 Å². The van der Waals surface area contributed by atoms with Crippen molar-refractivity contribution in [3.8, 4) is 28.3 Å². The molecular formula is C25H20F2N4O2. The van der Waals surface area contributed by atoms with E-state index in [2.05, 4.69) is 4.98 Å². The molecular weight excluding hydrogens is 426 g/mol. The molecule has 0 spiro atoms. The van der Waals surface area contributed by atoms with Crippen LogP contribution in [0.25, 0.3) is 33.4 Å². The average Bonchev–Trinajstić information content (AvgIpc) is 2.85. The van der Waals surface area contributed by atoms with Crippen LogP contribution < -0.4 is 9.64 Å². The number of benzene rings is 2. The van der Waals surface area contributed by atoms with Gasteiger partial charge in [-0.1, -0.05) is 6.07 Å². The van der Waals surface area contributed by atoms with Gasteiger partial charge in [0.2, 0.25) is 0 Å². The van der Waals surface area contributed by atoms with Crippen LogP contribution in [-0.2, 0) is 4.79 Å². The summed E-state index contributed by atoms with van der Waals surface area (Å²) in [6.45, 7) is 0.915. The van der Waals surface area contributed by atoms with E-state index in [4.69, 9.17) is 14.7 Å². The smallest absolute Gasteiger partial charge is 0.163 e. The van der Waals surface area contributed by atoms with Gasteiger partial charge in [0.05, 0.1) is 13.7 Å². The van der Waals surface area contributed by atoms with Crippen molar-refractivity contribution in [1.82, 2.24) is 15.0 Å². The number of ether oxygens (including phenoxy) is 1. The highest BCUT2D eigenvalue weighted by Crippen LogP contribution is 2.37. The van der Waals surface area contributed by atoms with Gasteiger partial charge in [0.1, 0.15) is 17.1 Å². The van der Waals surface area contributed by atoms with Gasteiger partial charge >= 0.3 is 0 Å². The van der Waals surface area contributed by atoms with Crippen LogP contribution in [0.15, 0.2) is 54.9 Å². The van der Waals surface area contributed by atoms with Crippen LogP contribution in [-0.4, -0.2) is 40.9 Å². The summed E-state index contributed by atoms with van der Waals surface area (Å²) < 4.78 is 33.1. The molecule has 2 aromatic heterocycles. The Hall–Kier alpha value is -3.94. The van der Waals surface area contributed by atoms with Crippen molar-refractivity contribution in [3.63, 3.8) is 0 Å². The number of methoxy groups -OCH3 is 1. The quantitative estimate of drug-likeness (QED) is 0.448.